The van der Waals surface area contributed by atoms with Crippen LogP contribution in [0.5, 0.6) is 5.75 Å². The van der Waals surface area contributed by atoms with Crippen LogP contribution in [0.4, 0.5) is 9.18 Å². The van der Waals surface area contributed by atoms with E-state index in [2.05, 4.69) is 0 Å². The van der Waals surface area contributed by atoms with Gasteiger partial charge in [-0.05, 0) is 53.6 Å². The van der Waals surface area contributed by atoms with Gasteiger partial charge in [0.15, 0.2) is 0 Å². The van der Waals surface area contributed by atoms with Gasteiger partial charge < -0.3 is 4.74 Å². The molecule has 2 amide bonds. The number of carbonyl (C=O) groups excluding carboxylic acids is 2. The molecular weight excluding hydrogens is 413 g/mol. The highest BCUT2D eigenvalue weighted by atomic mass is 32.2. The molecule has 0 saturated carbocycles. The van der Waals surface area contributed by atoms with Crippen molar-refractivity contribution in [3.05, 3.63) is 106 Å². The number of benzene rings is 3. The van der Waals surface area contributed by atoms with E-state index in [1.165, 1.54) is 17.0 Å². The molecule has 0 unspecified atom stereocenters. The molecule has 0 spiro atoms. The van der Waals surface area contributed by atoms with Crippen LogP contribution in [0.1, 0.15) is 16.7 Å². The Balaban J connectivity index is 1.47. The SMILES string of the molecule is O=C1S/C(=C\c2ccccc2OCc2cccc(F)c2)C(=O)N1CCc1ccccc1. The first kappa shape index (κ1) is 20.9. The van der Waals surface area contributed by atoms with Gasteiger partial charge in [-0.1, -0.05) is 60.7 Å². The minimum Gasteiger partial charge on any atom is -0.488 e. The van der Waals surface area contributed by atoms with Gasteiger partial charge >= 0.3 is 0 Å². The molecule has 0 aliphatic carbocycles. The number of para-hydroxylation sites is 1. The lowest BCUT2D eigenvalue weighted by molar-refractivity contribution is -0.122. The van der Waals surface area contributed by atoms with E-state index in [0.717, 1.165) is 17.3 Å². The van der Waals surface area contributed by atoms with E-state index in [9.17, 15) is 14.0 Å². The predicted octanol–water partition coefficient (Wildman–Crippen LogP) is 5.68. The first-order chi connectivity index (χ1) is 15.1. The quantitative estimate of drug-likeness (QED) is 0.450. The molecule has 4 nitrogen and oxygen atoms in total. The van der Waals surface area contributed by atoms with Crippen molar-refractivity contribution >= 4 is 29.0 Å². The number of halogens is 1. The smallest absolute Gasteiger partial charge is 0.293 e. The molecule has 0 atom stereocenters. The van der Waals surface area contributed by atoms with Gasteiger partial charge in [0.25, 0.3) is 11.1 Å². The lowest BCUT2D eigenvalue weighted by Crippen LogP contribution is -2.30. The Kier molecular flexibility index (Phi) is 6.48. The van der Waals surface area contributed by atoms with Crippen molar-refractivity contribution < 1.29 is 18.7 Å². The third-order valence-electron chi connectivity index (χ3n) is 4.83. The van der Waals surface area contributed by atoms with Crippen molar-refractivity contribution in [2.24, 2.45) is 0 Å². The van der Waals surface area contributed by atoms with E-state index < -0.39 is 0 Å². The highest BCUT2D eigenvalue weighted by Gasteiger charge is 2.34. The molecular formula is C25H20FNO3S. The maximum atomic E-state index is 13.4. The highest BCUT2D eigenvalue weighted by molar-refractivity contribution is 8.18. The zero-order valence-electron chi connectivity index (χ0n) is 16.7. The molecule has 4 rings (SSSR count). The molecule has 156 valence electrons. The van der Waals surface area contributed by atoms with Gasteiger partial charge in [-0.15, -0.1) is 0 Å². The normalized spacial score (nSPS) is 15.0. The molecule has 0 N–H and O–H groups in total. The summed E-state index contributed by atoms with van der Waals surface area (Å²) >= 11 is 0.930. The predicted molar refractivity (Wildman–Crippen MR) is 120 cm³/mol. The number of thioether (sulfide) groups is 1. The average Bonchev–Trinajstić information content (AvgIpc) is 3.05. The fourth-order valence-corrected chi connectivity index (χ4v) is 4.09. The lowest BCUT2D eigenvalue weighted by atomic mass is 10.1. The number of imide groups is 1. The minimum absolute atomic E-state index is 0.196. The summed E-state index contributed by atoms with van der Waals surface area (Å²) in [6, 6.07) is 23.2. The van der Waals surface area contributed by atoms with Gasteiger partial charge in [0, 0.05) is 12.1 Å². The fourth-order valence-electron chi connectivity index (χ4n) is 3.24. The standard InChI is InChI=1S/C25H20FNO3S/c26-21-11-6-9-19(15-21)17-30-22-12-5-4-10-20(22)16-23-24(28)27(25(29)31-23)14-13-18-7-2-1-3-8-18/h1-12,15-16H,13-14,17H2/b23-16-. The molecule has 1 heterocycles. The molecule has 1 aliphatic heterocycles. The van der Waals surface area contributed by atoms with Gasteiger partial charge in [0.1, 0.15) is 18.2 Å². The molecule has 1 aliphatic rings. The zero-order valence-corrected chi connectivity index (χ0v) is 17.5. The maximum Gasteiger partial charge on any atom is 0.293 e. The Morgan fingerprint density at radius 3 is 2.45 bits per heavy atom. The maximum absolute atomic E-state index is 13.4. The second kappa shape index (κ2) is 9.62. The molecule has 31 heavy (non-hydrogen) atoms. The molecule has 0 aromatic heterocycles. The van der Waals surface area contributed by atoms with Crippen molar-refractivity contribution in [2.75, 3.05) is 6.54 Å². The highest BCUT2D eigenvalue weighted by Crippen LogP contribution is 2.34. The number of amides is 2. The van der Waals surface area contributed by atoms with Gasteiger partial charge in [0.2, 0.25) is 0 Å². The summed E-state index contributed by atoms with van der Waals surface area (Å²) in [6.45, 7) is 0.533. The van der Waals surface area contributed by atoms with Crippen LogP contribution >= 0.6 is 11.8 Å². The van der Waals surface area contributed by atoms with Crippen molar-refractivity contribution in [1.29, 1.82) is 0 Å². The molecule has 3 aromatic rings. The van der Waals surface area contributed by atoms with Gasteiger partial charge in [-0.3, -0.25) is 14.5 Å². The van der Waals surface area contributed by atoms with E-state index >= 15 is 0 Å². The van der Waals surface area contributed by atoms with E-state index in [0.29, 0.717) is 34.7 Å². The van der Waals surface area contributed by atoms with Crippen LogP contribution in [0.2, 0.25) is 0 Å². The summed E-state index contributed by atoms with van der Waals surface area (Å²) in [5, 5.41) is -0.273. The monoisotopic (exact) mass is 433 g/mol. The summed E-state index contributed by atoms with van der Waals surface area (Å²) in [7, 11) is 0. The van der Waals surface area contributed by atoms with E-state index in [1.54, 1.807) is 24.3 Å². The van der Waals surface area contributed by atoms with Crippen LogP contribution in [0, 0.1) is 5.82 Å². The first-order valence-electron chi connectivity index (χ1n) is 9.86. The third kappa shape index (κ3) is 5.22. The van der Waals surface area contributed by atoms with Crippen LogP contribution in [0.15, 0.2) is 83.8 Å². The fraction of sp³-hybridized carbons (Fsp3) is 0.120. The van der Waals surface area contributed by atoms with Crippen LogP contribution < -0.4 is 4.74 Å². The second-order valence-corrected chi connectivity index (χ2v) is 8.02. The van der Waals surface area contributed by atoms with Crippen molar-refractivity contribution in [1.82, 2.24) is 4.90 Å². The van der Waals surface area contributed by atoms with Crippen LogP contribution in [-0.4, -0.2) is 22.6 Å². The summed E-state index contributed by atoms with van der Waals surface area (Å²) in [4.78, 5) is 26.8. The summed E-state index contributed by atoms with van der Waals surface area (Å²) in [5.41, 5.74) is 2.46. The van der Waals surface area contributed by atoms with Crippen molar-refractivity contribution in [3.63, 3.8) is 0 Å². The molecule has 1 fully saturated rings. The number of hydrogen-bond acceptors (Lipinski definition) is 4. The molecule has 1 saturated heterocycles. The van der Waals surface area contributed by atoms with Crippen LogP contribution in [0.3, 0.4) is 0 Å². The Hall–Kier alpha value is -3.38. The van der Waals surface area contributed by atoms with E-state index in [4.69, 9.17) is 4.74 Å². The first-order valence-corrected chi connectivity index (χ1v) is 10.7. The number of ether oxygens (including phenoxy) is 1. The lowest BCUT2D eigenvalue weighted by Gasteiger charge is -2.12. The zero-order chi connectivity index (χ0) is 21.6. The average molecular weight is 434 g/mol. The molecule has 3 aromatic carbocycles. The molecule has 6 heteroatoms. The summed E-state index contributed by atoms with van der Waals surface area (Å²) < 4.78 is 19.2. The number of nitrogens with zero attached hydrogens (tertiary/aromatic N) is 1. The Morgan fingerprint density at radius 2 is 1.65 bits per heavy atom. The summed E-state index contributed by atoms with van der Waals surface area (Å²) in [5.74, 6) is -0.0627. The Bertz CT molecular complexity index is 1130. The van der Waals surface area contributed by atoms with E-state index in [1.807, 2.05) is 48.5 Å². The molecule has 0 radical (unpaired) electrons. The van der Waals surface area contributed by atoms with Gasteiger partial charge in [0.05, 0.1) is 4.91 Å². The summed E-state index contributed by atoms with van der Waals surface area (Å²) in [6.07, 6.45) is 2.29. The Morgan fingerprint density at radius 1 is 0.903 bits per heavy atom. The number of carbonyl (C=O) groups is 2. The second-order valence-electron chi connectivity index (χ2n) is 7.03. The Labute approximate surface area is 184 Å². The van der Waals surface area contributed by atoms with Crippen LogP contribution in [-0.2, 0) is 17.8 Å². The van der Waals surface area contributed by atoms with Crippen molar-refractivity contribution in [3.8, 4) is 5.75 Å². The number of hydrogen-bond donors (Lipinski definition) is 0. The minimum atomic E-state index is -0.321. The van der Waals surface area contributed by atoms with Crippen LogP contribution in [0.25, 0.3) is 6.08 Å². The number of rotatable bonds is 7. The van der Waals surface area contributed by atoms with Gasteiger partial charge in [-0.25, -0.2) is 4.39 Å². The topological polar surface area (TPSA) is 46.6 Å². The van der Waals surface area contributed by atoms with Crippen molar-refractivity contribution in [2.45, 2.75) is 13.0 Å². The molecule has 0 bridgehead atoms. The third-order valence-corrected chi connectivity index (χ3v) is 5.74. The van der Waals surface area contributed by atoms with Gasteiger partial charge in [-0.2, -0.15) is 0 Å². The van der Waals surface area contributed by atoms with E-state index in [-0.39, 0.29) is 23.6 Å². The largest absolute Gasteiger partial charge is 0.488 e.